The zero-order chi connectivity index (χ0) is 18.6. The Morgan fingerprint density at radius 3 is 2.07 bits per heavy atom. The molecular weight excluding hydrogens is 338 g/mol. The van der Waals surface area contributed by atoms with Crippen molar-refractivity contribution in [2.24, 2.45) is 0 Å². The molecule has 1 saturated heterocycles. The molecule has 27 heavy (non-hydrogen) atoms. The molecule has 0 aliphatic carbocycles. The maximum atomic E-state index is 4.84. The summed E-state index contributed by atoms with van der Waals surface area (Å²) in [5.74, 6) is 1.85. The Morgan fingerprint density at radius 1 is 0.778 bits per heavy atom. The quantitative estimate of drug-likeness (QED) is 0.707. The van der Waals surface area contributed by atoms with Gasteiger partial charge in [0.05, 0.1) is 24.3 Å². The second-order valence-corrected chi connectivity index (χ2v) is 6.74. The second kappa shape index (κ2) is 7.57. The molecule has 1 aliphatic rings. The van der Waals surface area contributed by atoms with E-state index in [2.05, 4.69) is 53.9 Å². The van der Waals surface area contributed by atoms with Crippen LogP contribution < -0.4 is 14.7 Å². The summed E-state index contributed by atoms with van der Waals surface area (Å²) < 4.78 is 0. The summed E-state index contributed by atoms with van der Waals surface area (Å²) in [6.45, 7) is 3.55. The van der Waals surface area contributed by atoms with Gasteiger partial charge in [0.25, 0.3) is 0 Å². The van der Waals surface area contributed by atoms with Gasteiger partial charge in [-0.2, -0.15) is 0 Å². The van der Waals surface area contributed by atoms with Crippen molar-refractivity contribution >= 4 is 17.3 Å². The van der Waals surface area contributed by atoms with Crippen molar-refractivity contribution in [2.45, 2.75) is 0 Å². The number of anilines is 3. The molecule has 0 radical (unpaired) electrons. The van der Waals surface area contributed by atoms with Gasteiger partial charge in [-0.15, -0.1) is 0 Å². The zero-order valence-corrected chi connectivity index (χ0v) is 15.7. The molecule has 0 bridgehead atoms. The SMILES string of the molecule is CN(C)c1ccc(-c2cncc(N3CCN(c4cnccn4)CC3)n2)cc1. The zero-order valence-electron chi connectivity index (χ0n) is 15.7. The lowest BCUT2D eigenvalue weighted by molar-refractivity contribution is 0.640. The van der Waals surface area contributed by atoms with Crippen LogP contribution >= 0.6 is 0 Å². The number of piperazine rings is 1. The Labute approximate surface area is 159 Å². The molecule has 138 valence electrons. The monoisotopic (exact) mass is 361 g/mol. The van der Waals surface area contributed by atoms with Gasteiger partial charge in [-0.3, -0.25) is 9.97 Å². The van der Waals surface area contributed by atoms with Crippen molar-refractivity contribution in [3.63, 3.8) is 0 Å². The molecule has 3 heterocycles. The van der Waals surface area contributed by atoms with E-state index in [9.17, 15) is 0 Å². The Morgan fingerprint density at radius 2 is 1.44 bits per heavy atom. The summed E-state index contributed by atoms with van der Waals surface area (Å²) in [5, 5.41) is 0. The highest BCUT2D eigenvalue weighted by molar-refractivity contribution is 5.63. The van der Waals surface area contributed by atoms with Gasteiger partial charge in [-0.05, 0) is 12.1 Å². The van der Waals surface area contributed by atoms with E-state index in [1.807, 2.05) is 32.7 Å². The van der Waals surface area contributed by atoms with Gasteiger partial charge in [0.2, 0.25) is 0 Å². The first-order chi connectivity index (χ1) is 13.2. The molecule has 7 nitrogen and oxygen atoms in total. The average Bonchev–Trinajstić information content (AvgIpc) is 2.75. The van der Waals surface area contributed by atoms with Gasteiger partial charge in [-0.1, -0.05) is 12.1 Å². The summed E-state index contributed by atoms with van der Waals surface area (Å²) >= 11 is 0. The summed E-state index contributed by atoms with van der Waals surface area (Å²) in [6.07, 6.45) is 8.91. The Bertz CT molecular complexity index is 872. The minimum Gasteiger partial charge on any atom is -0.378 e. The molecule has 2 aromatic heterocycles. The van der Waals surface area contributed by atoms with Crippen molar-refractivity contribution in [1.29, 1.82) is 0 Å². The van der Waals surface area contributed by atoms with Crippen LogP contribution in [-0.4, -0.2) is 60.2 Å². The van der Waals surface area contributed by atoms with E-state index < -0.39 is 0 Å². The summed E-state index contributed by atoms with van der Waals surface area (Å²) in [7, 11) is 4.08. The third kappa shape index (κ3) is 3.81. The number of benzene rings is 1. The molecule has 0 N–H and O–H groups in total. The van der Waals surface area contributed by atoms with Crippen molar-refractivity contribution in [3.8, 4) is 11.3 Å². The van der Waals surface area contributed by atoms with E-state index in [0.29, 0.717) is 0 Å². The summed E-state index contributed by atoms with van der Waals surface area (Å²) in [4.78, 5) is 24.4. The highest BCUT2D eigenvalue weighted by atomic mass is 15.3. The van der Waals surface area contributed by atoms with Crippen LogP contribution in [0.15, 0.2) is 55.2 Å². The third-order valence-electron chi connectivity index (χ3n) is 4.78. The molecule has 1 fully saturated rings. The van der Waals surface area contributed by atoms with E-state index in [4.69, 9.17) is 4.98 Å². The lowest BCUT2D eigenvalue weighted by atomic mass is 10.1. The van der Waals surface area contributed by atoms with Gasteiger partial charge >= 0.3 is 0 Å². The fourth-order valence-corrected chi connectivity index (χ4v) is 3.20. The first-order valence-electron chi connectivity index (χ1n) is 9.06. The molecule has 0 saturated carbocycles. The molecule has 1 aliphatic heterocycles. The van der Waals surface area contributed by atoms with Gasteiger partial charge in [-0.25, -0.2) is 9.97 Å². The van der Waals surface area contributed by atoms with Crippen LogP contribution in [-0.2, 0) is 0 Å². The number of rotatable bonds is 4. The topological polar surface area (TPSA) is 61.3 Å². The van der Waals surface area contributed by atoms with Gasteiger partial charge < -0.3 is 14.7 Å². The molecule has 0 spiro atoms. The van der Waals surface area contributed by atoms with E-state index >= 15 is 0 Å². The number of hydrogen-bond acceptors (Lipinski definition) is 7. The average molecular weight is 361 g/mol. The number of hydrogen-bond donors (Lipinski definition) is 0. The molecule has 7 heteroatoms. The van der Waals surface area contributed by atoms with Crippen molar-refractivity contribution in [1.82, 2.24) is 19.9 Å². The predicted octanol–water partition coefficient (Wildman–Crippen LogP) is 2.33. The molecular formula is C20H23N7. The maximum absolute atomic E-state index is 4.84. The normalized spacial score (nSPS) is 14.3. The number of nitrogens with zero attached hydrogens (tertiary/aromatic N) is 7. The van der Waals surface area contributed by atoms with Gasteiger partial charge in [0.1, 0.15) is 11.6 Å². The van der Waals surface area contributed by atoms with Crippen LogP contribution in [0.2, 0.25) is 0 Å². The molecule has 0 unspecified atom stereocenters. The third-order valence-corrected chi connectivity index (χ3v) is 4.78. The molecule has 4 rings (SSSR count). The molecule has 0 amide bonds. The Balaban J connectivity index is 1.47. The second-order valence-electron chi connectivity index (χ2n) is 6.74. The fraction of sp³-hybridized carbons (Fsp3) is 0.300. The Hall–Kier alpha value is -3.22. The lowest BCUT2D eigenvalue weighted by Crippen LogP contribution is -2.47. The van der Waals surface area contributed by atoms with Crippen LogP contribution in [0.25, 0.3) is 11.3 Å². The van der Waals surface area contributed by atoms with Crippen molar-refractivity contribution in [2.75, 3.05) is 55.0 Å². The van der Waals surface area contributed by atoms with E-state index in [0.717, 1.165) is 49.1 Å². The first-order valence-corrected chi connectivity index (χ1v) is 9.06. The van der Waals surface area contributed by atoms with Gasteiger partial charge in [0, 0.05) is 63.9 Å². The Kier molecular flexibility index (Phi) is 4.82. The minimum atomic E-state index is 0.883. The molecule has 3 aromatic rings. The van der Waals surface area contributed by atoms with Crippen LogP contribution in [0.1, 0.15) is 0 Å². The largest absolute Gasteiger partial charge is 0.378 e. The van der Waals surface area contributed by atoms with E-state index in [1.54, 1.807) is 12.4 Å². The lowest BCUT2D eigenvalue weighted by Gasteiger charge is -2.35. The molecule has 1 aromatic carbocycles. The summed E-state index contributed by atoms with van der Waals surface area (Å²) in [5.41, 5.74) is 3.14. The summed E-state index contributed by atoms with van der Waals surface area (Å²) in [6, 6.07) is 8.39. The number of aromatic nitrogens is 4. The van der Waals surface area contributed by atoms with E-state index in [-0.39, 0.29) is 0 Å². The van der Waals surface area contributed by atoms with Crippen LogP contribution in [0.4, 0.5) is 17.3 Å². The highest BCUT2D eigenvalue weighted by Crippen LogP contribution is 2.23. The highest BCUT2D eigenvalue weighted by Gasteiger charge is 2.19. The van der Waals surface area contributed by atoms with Crippen molar-refractivity contribution in [3.05, 3.63) is 55.2 Å². The standard InChI is InChI=1S/C20H23N7/c1-25(2)17-5-3-16(4-6-17)18-13-22-15-20(24-18)27-11-9-26(10-12-27)19-14-21-7-8-23-19/h3-8,13-15H,9-12H2,1-2H3. The van der Waals surface area contributed by atoms with Crippen LogP contribution in [0, 0.1) is 0 Å². The van der Waals surface area contributed by atoms with Crippen LogP contribution in [0.3, 0.4) is 0 Å². The minimum absolute atomic E-state index is 0.883. The van der Waals surface area contributed by atoms with Crippen molar-refractivity contribution < 1.29 is 0 Å². The fourth-order valence-electron chi connectivity index (χ4n) is 3.20. The first kappa shape index (κ1) is 17.2. The van der Waals surface area contributed by atoms with E-state index in [1.165, 1.54) is 5.69 Å². The van der Waals surface area contributed by atoms with Crippen LogP contribution in [0.5, 0.6) is 0 Å². The maximum Gasteiger partial charge on any atom is 0.147 e. The molecule has 0 atom stereocenters. The predicted molar refractivity (Wildman–Crippen MR) is 108 cm³/mol. The smallest absolute Gasteiger partial charge is 0.147 e. The van der Waals surface area contributed by atoms with Gasteiger partial charge in [0.15, 0.2) is 0 Å².